The van der Waals surface area contributed by atoms with Crippen LogP contribution in [0.2, 0.25) is 0 Å². The zero-order chi connectivity index (χ0) is 21.1. The topological polar surface area (TPSA) is 138 Å². The Kier molecular flexibility index (Phi) is 5.39. The van der Waals surface area contributed by atoms with Crippen LogP contribution in [0.1, 0.15) is 16.1 Å². The van der Waals surface area contributed by atoms with E-state index in [1.807, 2.05) is 0 Å². The molecule has 3 aromatic rings. The predicted molar refractivity (Wildman–Crippen MR) is 102 cm³/mol. The van der Waals surface area contributed by atoms with Crippen molar-refractivity contribution in [3.8, 4) is 5.75 Å². The van der Waals surface area contributed by atoms with Gasteiger partial charge in [-0.3, -0.25) is 19.6 Å². The number of aryl methyl sites for hydroxylation is 2. The largest absolute Gasteiger partial charge is 0.494 e. The van der Waals surface area contributed by atoms with E-state index in [4.69, 9.17) is 9.47 Å². The number of fused-ring (bicyclic) bond motifs is 1. The molecule has 0 aliphatic carbocycles. The number of carbonyl (C=O) groups is 2. The summed E-state index contributed by atoms with van der Waals surface area (Å²) in [6.07, 6.45) is 1.35. The Morgan fingerprint density at radius 1 is 1.31 bits per heavy atom. The predicted octanol–water partition coefficient (Wildman–Crippen LogP) is 1.99. The van der Waals surface area contributed by atoms with Crippen LogP contribution in [0.3, 0.4) is 0 Å². The molecule has 3 rings (SSSR count). The number of rotatable bonds is 6. The molecule has 0 aliphatic rings. The maximum Gasteiger partial charge on any atom is 0.340 e. The minimum absolute atomic E-state index is 0.112. The van der Waals surface area contributed by atoms with Crippen LogP contribution in [-0.4, -0.2) is 45.3 Å². The molecule has 0 fully saturated rings. The summed E-state index contributed by atoms with van der Waals surface area (Å²) in [6.45, 7) is 1.24. The van der Waals surface area contributed by atoms with Crippen LogP contribution < -0.4 is 10.1 Å². The minimum atomic E-state index is -0.714. The number of nitro groups is 1. The van der Waals surface area contributed by atoms with E-state index in [0.717, 1.165) is 0 Å². The highest BCUT2D eigenvalue weighted by Gasteiger charge is 2.16. The summed E-state index contributed by atoms with van der Waals surface area (Å²) in [6, 6.07) is 5.34. The molecule has 29 heavy (non-hydrogen) atoms. The Labute approximate surface area is 164 Å². The van der Waals surface area contributed by atoms with E-state index in [0.29, 0.717) is 16.7 Å². The molecule has 0 saturated heterocycles. The van der Waals surface area contributed by atoms with Crippen molar-refractivity contribution in [1.82, 2.24) is 14.8 Å². The van der Waals surface area contributed by atoms with Gasteiger partial charge in [0.1, 0.15) is 5.75 Å². The lowest BCUT2D eigenvalue weighted by Crippen LogP contribution is -2.21. The fourth-order valence-electron chi connectivity index (χ4n) is 2.72. The summed E-state index contributed by atoms with van der Waals surface area (Å²) in [5.74, 6) is -1.23. The van der Waals surface area contributed by atoms with E-state index >= 15 is 0 Å². The normalized spacial score (nSPS) is 10.6. The molecule has 0 bridgehead atoms. The van der Waals surface area contributed by atoms with Gasteiger partial charge < -0.3 is 14.8 Å². The number of nitrogens with one attached hydrogen (secondary N) is 1. The first-order valence-corrected chi connectivity index (χ1v) is 8.39. The van der Waals surface area contributed by atoms with Crippen LogP contribution in [0.15, 0.2) is 30.5 Å². The first-order chi connectivity index (χ1) is 13.8. The second-order valence-electron chi connectivity index (χ2n) is 6.07. The lowest BCUT2D eigenvalue weighted by molar-refractivity contribution is -0.384. The van der Waals surface area contributed by atoms with Gasteiger partial charge in [0.15, 0.2) is 12.3 Å². The summed E-state index contributed by atoms with van der Waals surface area (Å²) in [7, 11) is 3.06. The lowest BCUT2D eigenvalue weighted by Gasteiger charge is -2.10. The minimum Gasteiger partial charge on any atom is -0.494 e. The van der Waals surface area contributed by atoms with E-state index < -0.39 is 23.4 Å². The third-order valence-electron chi connectivity index (χ3n) is 4.10. The molecule has 1 amide bonds. The maximum atomic E-state index is 12.2. The Hall–Kier alpha value is -4.02. The van der Waals surface area contributed by atoms with Crippen LogP contribution in [0.25, 0.3) is 11.0 Å². The van der Waals surface area contributed by atoms with E-state index in [2.05, 4.69) is 15.4 Å². The second kappa shape index (κ2) is 7.92. The Balaban J connectivity index is 1.65. The lowest BCUT2D eigenvalue weighted by atomic mass is 10.2. The van der Waals surface area contributed by atoms with Crippen LogP contribution in [-0.2, 0) is 16.6 Å². The zero-order valence-electron chi connectivity index (χ0n) is 15.8. The van der Waals surface area contributed by atoms with Gasteiger partial charge in [-0.1, -0.05) is 0 Å². The fourth-order valence-corrected chi connectivity index (χ4v) is 2.72. The number of methoxy groups -OCH3 is 1. The van der Waals surface area contributed by atoms with Gasteiger partial charge in [0.25, 0.3) is 11.6 Å². The number of aromatic nitrogens is 3. The molecule has 2 aromatic heterocycles. The van der Waals surface area contributed by atoms with Gasteiger partial charge in [0, 0.05) is 24.7 Å². The fraction of sp³-hybridized carbons (Fsp3) is 0.222. The average Bonchev–Trinajstić information content (AvgIpc) is 2.99. The van der Waals surface area contributed by atoms with Crippen molar-refractivity contribution in [3.05, 3.63) is 51.8 Å². The monoisotopic (exact) mass is 399 g/mol. The van der Waals surface area contributed by atoms with Gasteiger partial charge in [0.2, 0.25) is 0 Å². The number of hydrogen-bond acceptors (Lipinski definition) is 8. The van der Waals surface area contributed by atoms with E-state index in [-0.39, 0.29) is 22.7 Å². The summed E-state index contributed by atoms with van der Waals surface area (Å²) >= 11 is 0. The number of pyridine rings is 1. The number of carbonyl (C=O) groups excluding carboxylic acids is 2. The second-order valence-corrected chi connectivity index (χ2v) is 6.07. The van der Waals surface area contributed by atoms with Crippen molar-refractivity contribution in [2.45, 2.75) is 6.92 Å². The van der Waals surface area contributed by atoms with Gasteiger partial charge in [-0.05, 0) is 19.1 Å². The number of nitrogens with zero attached hydrogens (tertiary/aromatic N) is 4. The van der Waals surface area contributed by atoms with Gasteiger partial charge in [-0.25, -0.2) is 9.78 Å². The first-order valence-electron chi connectivity index (χ1n) is 8.39. The smallest absolute Gasteiger partial charge is 0.340 e. The molecule has 0 atom stereocenters. The molecule has 11 nitrogen and oxygen atoms in total. The first kappa shape index (κ1) is 19.7. The molecular weight excluding hydrogens is 382 g/mol. The molecule has 1 N–H and O–H groups in total. The summed E-state index contributed by atoms with van der Waals surface area (Å²) in [5.41, 5.74) is 1.57. The summed E-state index contributed by atoms with van der Waals surface area (Å²) in [4.78, 5) is 38.8. The molecule has 0 radical (unpaired) electrons. The maximum absolute atomic E-state index is 12.2. The number of ether oxygens (including phenoxy) is 2. The molecule has 0 spiro atoms. The van der Waals surface area contributed by atoms with Gasteiger partial charge >= 0.3 is 5.97 Å². The van der Waals surface area contributed by atoms with Crippen molar-refractivity contribution in [2.24, 2.45) is 7.05 Å². The SMILES string of the molecule is COc1cc([N+](=O)[O-])ccc1NC(=O)COC(=O)c1cnc2c(c1)c(C)nn2C. The van der Waals surface area contributed by atoms with Crippen LogP contribution >= 0.6 is 0 Å². The standard InChI is InChI=1S/C18H17N5O6/c1-10-13-6-11(8-19-17(13)22(2)21-10)18(25)29-9-16(24)20-14-5-4-12(23(26)27)7-15(14)28-3/h4-8H,9H2,1-3H3,(H,20,24). The van der Waals surface area contributed by atoms with Crippen molar-refractivity contribution in [1.29, 1.82) is 0 Å². The number of nitro benzene ring substituents is 1. The number of esters is 1. The molecule has 0 aliphatic heterocycles. The van der Waals surface area contributed by atoms with Gasteiger partial charge in [0.05, 0.1) is 35.0 Å². The van der Waals surface area contributed by atoms with Crippen LogP contribution in [0.4, 0.5) is 11.4 Å². The van der Waals surface area contributed by atoms with E-state index in [1.54, 1.807) is 24.7 Å². The highest BCUT2D eigenvalue weighted by molar-refractivity contribution is 5.97. The molecule has 2 heterocycles. The van der Waals surface area contributed by atoms with Gasteiger partial charge in [-0.15, -0.1) is 0 Å². The molecule has 0 unspecified atom stereocenters. The third-order valence-corrected chi connectivity index (χ3v) is 4.10. The van der Waals surface area contributed by atoms with E-state index in [1.165, 1.54) is 31.5 Å². The average molecular weight is 399 g/mol. The van der Waals surface area contributed by atoms with Crippen molar-refractivity contribution < 1.29 is 24.0 Å². The molecule has 150 valence electrons. The zero-order valence-corrected chi connectivity index (χ0v) is 15.8. The van der Waals surface area contributed by atoms with Crippen LogP contribution in [0, 0.1) is 17.0 Å². The third kappa shape index (κ3) is 4.13. The number of hydrogen-bond donors (Lipinski definition) is 1. The molecule has 0 saturated carbocycles. The quantitative estimate of drug-likeness (QED) is 0.377. The van der Waals surface area contributed by atoms with Crippen LogP contribution in [0.5, 0.6) is 5.75 Å². The molecule has 1 aromatic carbocycles. The van der Waals surface area contributed by atoms with Crippen molar-refractivity contribution in [3.63, 3.8) is 0 Å². The number of benzene rings is 1. The van der Waals surface area contributed by atoms with Gasteiger partial charge in [-0.2, -0.15) is 5.10 Å². The molecular formula is C18H17N5O6. The number of anilines is 1. The summed E-state index contributed by atoms with van der Waals surface area (Å²) in [5, 5.41) is 18.2. The Morgan fingerprint density at radius 3 is 2.76 bits per heavy atom. The Bertz CT molecular complexity index is 1120. The highest BCUT2D eigenvalue weighted by Crippen LogP contribution is 2.28. The number of amides is 1. The highest BCUT2D eigenvalue weighted by atomic mass is 16.6. The Morgan fingerprint density at radius 2 is 2.07 bits per heavy atom. The van der Waals surface area contributed by atoms with Crippen molar-refractivity contribution >= 4 is 34.3 Å². The summed E-state index contributed by atoms with van der Waals surface area (Å²) < 4.78 is 11.7. The van der Waals surface area contributed by atoms with Crippen molar-refractivity contribution in [2.75, 3.05) is 19.0 Å². The molecule has 11 heteroatoms. The van der Waals surface area contributed by atoms with E-state index in [9.17, 15) is 19.7 Å². The number of non-ortho nitro benzene ring substituents is 1.